The number of hydrogen-bond donors (Lipinski definition) is 1. The third-order valence-corrected chi connectivity index (χ3v) is 6.09. The van der Waals surface area contributed by atoms with E-state index in [-0.39, 0.29) is 18.5 Å². The lowest BCUT2D eigenvalue weighted by Crippen LogP contribution is -2.65. The Balaban J connectivity index is 1.75. The Hall–Kier alpha value is -3.39. The predicted molar refractivity (Wildman–Crippen MR) is 110 cm³/mol. The molecule has 3 heterocycles. The van der Waals surface area contributed by atoms with Crippen LogP contribution in [0.1, 0.15) is 16.9 Å². The lowest BCUT2D eigenvalue weighted by molar-refractivity contribution is -0.143. The molecule has 1 unspecified atom stereocenters. The number of thiophene rings is 1. The number of anilines is 1. The van der Waals surface area contributed by atoms with Crippen molar-refractivity contribution in [2.45, 2.75) is 19.3 Å². The van der Waals surface area contributed by atoms with Gasteiger partial charge in [-0.25, -0.2) is 14.1 Å². The van der Waals surface area contributed by atoms with E-state index in [2.05, 4.69) is 10.3 Å². The van der Waals surface area contributed by atoms with E-state index in [4.69, 9.17) is 0 Å². The van der Waals surface area contributed by atoms with Gasteiger partial charge in [-0.3, -0.25) is 19.9 Å². The summed E-state index contributed by atoms with van der Waals surface area (Å²) in [5.41, 5.74) is -0.804. The first-order chi connectivity index (χ1) is 14.5. The summed E-state index contributed by atoms with van der Waals surface area (Å²) >= 11 is 1.42. The number of halogens is 1. The van der Waals surface area contributed by atoms with Crippen molar-refractivity contribution >= 4 is 34.9 Å². The molecule has 4 amide bonds. The van der Waals surface area contributed by atoms with Gasteiger partial charge < -0.3 is 0 Å². The largest absolute Gasteiger partial charge is 0.335 e. The molecule has 152 valence electrons. The molecule has 6 nitrogen and oxygen atoms in total. The van der Waals surface area contributed by atoms with E-state index in [0.29, 0.717) is 6.42 Å². The lowest BCUT2D eigenvalue weighted by atomic mass is 9.75. The van der Waals surface area contributed by atoms with Crippen molar-refractivity contribution in [1.82, 2.24) is 10.3 Å². The van der Waals surface area contributed by atoms with E-state index in [1.54, 1.807) is 12.4 Å². The second-order valence-electron chi connectivity index (χ2n) is 7.04. The van der Waals surface area contributed by atoms with Crippen molar-refractivity contribution in [3.8, 4) is 0 Å². The molecular formula is C22H18FN3O3S. The van der Waals surface area contributed by atoms with Crippen LogP contribution in [-0.2, 0) is 22.4 Å². The third kappa shape index (κ3) is 3.61. The highest BCUT2D eigenvalue weighted by Crippen LogP contribution is 2.38. The molecule has 1 aliphatic heterocycles. The Bertz CT molecular complexity index is 1090. The summed E-state index contributed by atoms with van der Waals surface area (Å²) in [6, 6.07) is 11.9. The molecule has 1 fully saturated rings. The van der Waals surface area contributed by atoms with Gasteiger partial charge in [0.15, 0.2) is 0 Å². The number of pyridine rings is 1. The van der Waals surface area contributed by atoms with Crippen molar-refractivity contribution in [3.63, 3.8) is 0 Å². The minimum absolute atomic E-state index is 0.124. The maximum absolute atomic E-state index is 14.4. The van der Waals surface area contributed by atoms with Gasteiger partial charge in [0.05, 0.1) is 5.69 Å². The van der Waals surface area contributed by atoms with Crippen LogP contribution in [0.15, 0.2) is 66.3 Å². The van der Waals surface area contributed by atoms with Crippen LogP contribution in [0.2, 0.25) is 0 Å². The number of aryl methyl sites for hydroxylation is 1. The summed E-state index contributed by atoms with van der Waals surface area (Å²) in [5, 5.41) is 4.14. The van der Waals surface area contributed by atoms with Gasteiger partial charge in [0, 0.05) is 23.7 Å². The normalized spacial score (nSPS) is 19.1. The summed E-state index contributed by atoms with van der Waals surface area (Å²) in [5.74, 6) is -2.09. The Kier molecular flexibility index (Phi) is 5.41. The van der Waals surface area contributed by atoms with Gasteiger partial charge in [-0.1, -0.05) is 18.2 Å². The predicted octanol–water partition coefficient (Wildman–Crippen LogP) is 3.73. The first-order valence-electron chi connectivity index (χ1n) is 9.37. The van der Waals surface area contributed by atoms with E-state index in [1.807, 2.05) is 29.6 Å². The highest BCUT2D eigenvalue weighted by atomic mass is 32.1. The fourth-order valence-corrected chi connectivity index (χ4v) is 4.43. The number of nitrogens with one attached hydrogen (secondary N) is 1. The van der Waals surface area contributed by atoms with Gasteiger partial charge in [0.1, 0.15) is 11.2 Å². The topological polar surface area (TPSA) is 79.4 Å². The highest BCUT2D eigenvalue weighted by molar-refractivity contribution is 7.09. The smallest absolute Gasteiger partial charge is 0.276 e. The molecule has 3 aromatic rings. The standard InChI is InChI=1S/C22H18FN3O3S/c23-17-5-1-2-6-18(17)26-20(28)22(19(27)25-21(26)29,14-16-4-3-13-30-16)10-7-15-8-11-24-12-9-15/h1-6,8-9,11-13H,7,10,14H2,(H,25,27,29). The number of hydrogen-bond acceptors (Lipinski definition) is 5. The Morgan fingerprint density at radius 1 is 1.03 bits per heavy atom. The minimum Gasteiger partial charge on any atom is -0.276 e. The molecule has 8 heteroatoms. The molecule has 0 aliphatic carbocycles. The maximum Gasteiger partial charge on any atom is 0.335 e. The van der Waals surface area contributed by atoms with E-state index in [9.17, 15) is 18.8 Å². The number of carbonyl (C=O) groups is 3. The monoisotopic (exact) mass is 423 g/mol. The van der Waals surface area contributed by atoms with Crippen LogP contribution in [0.3, 0.4) is 0 Å². The van der Waals surface area contributed by atoms with Crippen LogP contribution in [0.5, 0.6) is 0 Å². The number of carbonyl (C=O) groups excluding carboxylic acids is 3. The SMILES string of the molecule is O=C1NC(=O)C(CCc2ccncc2)(Cc2cccs2)C(=O)N1c1ccccc1F. The second kappa shape index (κ2) is 8.16. The molecule has 30 heavy (non-hydrogen) atoms. The zero-order valence-corrected chi connectivity index (χ0v) is 16.7. The minimum atomic E-state index is -1.54. The number of barbiturate groups is 1. The number of nitrogens with zero attached hydrogens (tertiary/aromatic N) is 2. The van der Waals surface area contributed by atoms with E-state index in [1.165, 1.54) is 35.6 Å². The van der Waals surface area contributed by atoms with Crippen LogP contribution in [0.4, 0.5) is 14.9 Å². The van der Waals surface area contributed by atoms with Crippen LogP contribution in [0, 0.1) is 11.2 Å². The third-order valence-electron chi connectivity index (χ3n) is 5.21. The number of urea groups is 1. The molecule has 0 bridgehead atoms. The summed E-state index contributed by atoms with van der Waals surface area (Å²) in [6.45, 7) is 0. The van der Waals surface area contributed by atoms with E-state index >= 15 is 0 Å². The molecular weight excluding hydrogens is 405 g/mol. The Morgan fingerprint density at radius 3 is 2.50 bits per heavy atom. The fraction of sp³-hybridized carbons (Fsp3) is 0.182. The molecule has 4 rings (SSSR count). The van der Waals surface area contributed by atoms with Gasteiger partial charge in [-0.2, -0.15) is 0 Å². The number of aromatic nitrogens is 1. The summed E-state index contributed by atoms with van der Waals surface area (Å²) in [4.78, 5) is 44.8. The first kappa shape index (κ1) is 19.9. The summed E-state index contributed by atoms with van der Waals surface area (Å²) in [7, 11) is 0. The number of amides is 4. The molecule has 2 aromatic heterocycles. The molecule has 1 atom stereocenters. The van der Waals surface area contributed by atoms with E-state index < -0.39 is 29.1 Å². The molecule has 1 aliphatic rings. The number of benzene rings is 1. The Labute approximate surface area is 176 Å². The van der Waals surface area contributed by atoms with E-state index in [0.717, 1.165) is 15.3 Å². The summed E-state index contributed by atoms with van der Waals surface area (Å²) < 4.78 is 14.4. The first-order valence-corrected chi connectivity index (χ1v) is 10.2. The molecule has 0 radical (unpaired) electrons. The second-order valence-corrected chi connectivity index (χ2v) is 8.08. The lowest BCUT2D eigenvalue weighted by Gasteiger charge is -2.39. The number of para-hydroxylation sites is 1. The summed E-state index contributed by atoms with van der Waals surface area (Å²) in [6.07, 6.45) is 3.99. The molecule has 0 spiro atoms. The maximum atomic E-state index is 14.4. The van der Waals surface area contributed by atoms with Crippen molar-refractivity contribution in [3.05, 3.63) is 82.6 Å². The van der Waals surface area contributed by atoms with Gasteiger partial charge in [0.25, 0.3) is 5.91 Å². The van der Waals surface area contributed by atoms with Crippen LogP contribution in [-0.4, -0.2) is 22.8 Å². The van der Waals surface area contributed by atoms with Crippen LogP contribution in [0.25, 0.3) is 0 Å². The van der Waals surface area contributed by atoms with Gasteiger partial charge in [-0.05, 0) is 54.1 Å². The number of imide groups is 2. The van der Waals surface area contributed by atoms with Crippen molar-refractivity contribution in [1.29, 1.82) is 0 Å². The van der Waals surface area contributed by atoms with Crippen LogP contribution < -0.4 is 10.2 Å². The average molecular weight is 423 g/mol. The number of rotatable bonds is 6. The van der Waals surface area contributed by atoms with Gasteiger partial charge in [-0.15, -0.1) is 11.3 Å². The zero-order chi connectivity index (χ0) is 21.1. The Morgan fingerprint density at radius 2 is 1.80 bits per heavy atom. The van der Waals surface area contributed by atoms with Gasteiger partial charge >= 0.3 is 6.03 Å². The molecule has 0 saturated carbocycles. The molecule has 1 saturated heterocycles. The fourth-order valence-electron chi connectivity index (χ4n) is 3.61. The molecule has 1 aromatic carbocycles. The zero-order valence-electron chi connectivity index (χ0n) is 15.9. The van der Waals surface area contributed by atoms with Crippen molar-refractivity contribution < 1.29 is 18.8 Å². The quantitative estimate of drug-likeness (QED) is 0.613. The van der Waals surface area contributed by atoms with Crippen molar-refractivity contribution in [2.24, 2.45) is 5.41 Å². The molecule has 1 N–H and O–H groups in total. The van der Waals surface area contributed by atoms with Crippen molar-refractivity contribution in [2.75, 3.05) is 4.90 Å². The van der Waals surface area contributed by atoms with Gasteiger partial charge in [0.2, 0.25) is 5.91 Å². The average Bonchev–Trinajstić information content (AvgIpc) is 3.25. The highest BCUT2D eigenvalue weighted by Gasteiger charge is 2.54. The van der Waals surface area contributed by atoms with Crippen LogP contribution >= 0.6 is 11.3 Å².